The number of nitrogens with one attached hydrogen (secondary N) is 1. The zero-order chi connectivity index (χ0) is 19.6. The van der Waals surface area contributed by atoms with E-state index in [1.54, 1.807) is 17.7 Å². The maximum atomic E-state index is 12.1. The van der Waals surface area contributed by atoms with Crippen molar-refractivity contribution < 1.29 is 8.42 Å². The second-order valence-electron chi connectivity index (χ2n) is 7.59. The fourth-order valence-corrected chi connectivity index (χ4v) is 6.83. The lowest BCUT2D eigenvalue weighted by atomic mass is 10.2. The molecule has 0 amide bonds. The van der Waals surface area contributed by atoms with Crippen LogP contribution in [0.1, 0.15) is 30.1 Å². The minimum absolute atomic E-state index is 0.0259. The van der Waals surface area contributed by atoms with E-state index in [4.69, 9.17) is 9.97 Å². The van der Waals surface area contributed by atoms with Crippen LogP contribution in [0.15, 0.2) is 11.7 Å². The van der Waals surface area contributed by atoms with Gasteiger partial charge in [-0.1, -0.05) is 0 Å². The highest BCUT2D eigenvalue weighted by molar-refractivity contribution is 7.92. The first-order valence-corrected chi connectivity index (χ1v) is 11.8. The van der Waals surface area contributed by atoms with Crippen LogP contribution in [0.3, 0.4) is 0 Å². The monoisotopic (exact) mass is 419 g/mol. The number of thiazole rings is 1. The van der Waals surface area contributed by atoms with Crippen LogP contribution in [-0.4, -0.2) is 56.5 Å². The first kappa shape index (κ1) is 17.8. The molecule has 2 aliphatic rings. The molecule has 0 saturated carbocycles. The van der Waals surface area contributed by atoms with Crippen molar-refractivity contribution >= 4 is 44.1 Å². The molecule has 1 N–H and O–H groups in total. The Labute approximate surface area is 166 Å². The van der Waals surface area contributed by atoms with E-state index < -0.39 is 9.84 Å². The van der Waals surface area contributed by atoms with Crippen LogP contribution in [0.4, 0.5) is 11.8 Å². The molecule has 2 bridgehead atoms. The van der Waals surface area contributed by atoms with Gasteiger partial charge in [-0.25, -0.2) is 18.4 Å². The molecule has 11 heteroatoms. The zero-order valence-corrected chi connectivity index (χ0v) is 17.5. The molecule has 0 aromatic carbocycles. The number of sulfone groups is 1. The van der Waals surface area contributed by atoms with E-state index in [1.807, 2.05) is 35.7 Å². The van der Waals surface area contributed by atoms with E-state index in [0.29, 0.717) is 30.2 Å². The van der Waals surface area contributed by atoms with Gasteiger partial charge in [0.25, 0.3) is 0 Å². The number of nitrogens with zero attached hydrogens (tertiary/aromatic N) is 6. The summed E-state index contributed by atoms with van der Waals surface area (Å²) in [7, 11) is -1.08. The van der Waals surface area contributed by atoms with Crippen LogP contribution < -0.4 is 10.2 Å². The molecule has 0 radical (unpaired) electrons. The summed E-state index contributed by atoms with van der Waals surface area (Å²) < 4.78 is 26.0. The Morgan fingerprint density at radius 2 is 2.14 bits per heavy atom. The molecule has 5 rings (SSSR count). The normalized spacial score (nSPS) is 24.2. The number of hydrogen-bond donors (Lipinski definition) is 1. The van der Waals surface area contributed by atoms with Gasteiger partial charge < -0.3 is 14.8 Å². The van der Waals surface area contributed by atoms with Gasteiger partial charge in [-0.3, -0.25) is 0 Å². The van der Waals surface area contributed by atoms with Gasteiger partial charge in [0, 0.05) is 30.7 Å². The minimum Gasteiger partial charge on any atom is -0.359 e. The number of anilines is 2. The largest absolute Gasteiger partial charge is 0.359 e. The predicted octanol–water partition coefficient (Wildman–Crippen LogP) is 1.68. The van der Waals surface area contributed by atoms with Crippen LogP contribution in [0, 0.1) is 6.92 Å². The van der Waals surface area contributed by atoms with Gasteiger partial charge in [0.1, 0.15) is 5.01 Å². The van der Waals surface area contributed by atoms with Gasteiger partial charge in [-0.2, -0.15) is 9.97 Å². The number of fused-ring (bicyclic) bond motifs is 3. The fourth-order valence-electron chi connectivity index (χ4n) is 4.00. The third-order valence-electron chi connectivity index (χ3n) is 5.47. The Bertz CT molecular complexity index is 1170. The summed E-state index contributed by atoms with van der Waals surface area (Å²) in [5.41, 5.74) is 2.42. The van der Waals surface area contributed by atoms with Crippen LogP contribution in [0.2, 0.25) is 0 Å². The predicted molar refractivity (Wildman–Crippen MR) is 109 cm³/mol. The second kappa shape index (κ2) is 6.11. The van der Waals surface area contributed by atoms with Crippen molar-refractivity contribution in [1.82, 2.24) is 24.5 Å². The molecule has 5 heterocycles. The van der Waals surface area contributed by atoms with Gasteiger partial charge in [-0.15, -0.1) is 11.3 Å². The number of hydrogen-bond acceptors (Lipinski definition) is 9. The molecular weight excluding hydrogens is 398 g/mol. The van der Waals surface area contributed by atoms with Crippen molar-refractivity contribution in [3.8, 4) is 0 Å². The van der Waals surface area contributed by atoms with Gasteiger partial charge in [0.15, 0.2) is 26.8 Å². The first-order chi connectivity index (χ1) is 13.3. The maximum Gasteiger partial charge on any atom is 0.229 e. The third-order valence-corrected chi connectivity index (χ3v) is 8.83. The molecule has 3 atom stereocenters. The molecule has 2 aliphatic heterocycles. The van der Waals surface area contributed by atoms with Crippen molar-refractivity contribution in [2.75, 3.05) is 22.5 Å². The quantitative estimate of drug-likeness (QED) is 0.681. The molecule has 0 aliphatic carbocycles. The van der Waals surface area contributed by atoms with E-state index in [9.17, 15) is 8.42 Å². The summed E-state index contributed by atoms with van der Waals surface area (Å²) in [6, 6.07) is -0.0744. The number of imidazole rings is 1. The lowest BCUT2D eigenvalue weighted by Crippen LogP contribution is -2.41. The Hall–Kier alpha value is -2.27. The highest BCUT2D eigenvalue weighted by Crippen LogP contribution is 2.36. The Balaban J connectivity index is 1.52. The van der Waals surface area contributed by atoms with E-state index in [-0.39, 0.29) is 23.1 Å². The average Bonchev–Trinajstić information content (AvgIpc) is 3.38. The highest BCUT2D eigenvalue weighted by Gasteiger charge is 2.49. The average molecular weight is 420 g/mol. The molecule has 9 nitrogen and oxygen atoms in total. The molecule has 2 saturated heterocycles. The Morgan fingerprint density at radius 3 is 2.79 bits per heavy atom. The van der Waals surface area contributed by atoms with Gasteiger partial charge in [-0.05, 0) is 20.3 Å². The lowest BCUT2D eigenvalue weighted by Gasteiger charge is -2.27. The van der Waals surface area contributed by atoms with Crippen LogP contribution in [0.25, 0.3) is 11.2 Å². The van der Waals surface area contributed by atoms with E-state index in [1.165, 1.54) is 0 Å². The van der Waals surface area contributed by atoms with E-state index in [0.717, 1.165) is 16.3 Å². The fraction of sp³-hybridized carbons (Fsp3) is 0.529. The standard InChI is InChI=1S/C17H21N7O2S2/c1-9-6-27-16(19-9)10(2)20-14-13-15(23(3)8-18-13)22-17(21-14)24-5-12-4-11(24)7-28(12,25)26/h6,8,10-12H,4-5,7H2,1-3H3,(H,20,21,22)/t10?,11-,12-/m0/s1. The number of aromatic nitrogens is 5. The summed E-state index contributed by atoms with van der Waals surface area (Å²) in [5.74, 6) is 1.39. The van der Waals surface area contributed by atoms with E-state index >= 15 is 0 Å². The van der Waals surface area contributed by atoms with Gasteiger partial charge in [0.2, 0.25) is 5.95 Å². The summed E-state index contributed by atoms with van der Waals surface area (Å²) >= 11 is 1.61. The van der Waals surface area contributed by atoms with Crippen molar-refractivity contribution in [3.63, 3.8) is 0 Å². The highest BCUT2D eigenvalue weighted by atomic mass is 32.2. The molecule has 0 spiro atoms. The van der Waals surface area contributed by atoms with Crippen molar-refractivity contribution in [2.45, 2.75) is 37.6 Å². The molecule has 3 aromatic heterocycles. The molecule has 2 fully saturated rings. The van der Waals surface area contributed by atoms with Crippen molar-refractivity contribution in [2.24, 2.45) is 7.05 Å². The van der Waals surface area contributed by atoms with Gasteiger partial charge >= 0.3 is 0 Å². The Kier molecular flexibility index (Phi) is 3.89. The molecule has 1 unspecified atom stereocenters. The molecule has 3 aromatic rings. The summed E-state index contributed by atoms with van der Waals surface area (Å²) in [6.07, 6.45) is 2.37. The summed E-state index contributed by atoms with van der Waals surface area (Å²) in [5, 5.41) is 6.12. The lowest BCUT2D eigenvalue weighted by molar-refractivity contribution is 0.584. The zero-order valence-electron chi connectivity index (χ0n) is 15.8. The SMILES string of the molecule is Cc1csc(C(C)Nc2nc(N3C[C@@H]4C[C@H]3CS4(=O)=O)nc3c2ncn3C)n1. The number of rotatable bonds is 4. The third kappa shape index (κ3) is 2.75. The van der Waals surface area contributed by atoms with Crippen LogP contribution in [-0.2, 0) is 16.9 Å². The van der Waals surface area contributed by atoms with Crippen molar-refractivity contribution in [3.05, 3.63) is 22.4 Å². The Morgan fingerprint density at radius 1 is 1.32 bits per heavy atom. The maximum absolute atomic E-state index is 12.1. The summed E-state index contributed by atoms with van der Waals surface area (Å²) in [6.45, 7) is 4.47. The smallest absolute Gasteiger partial charge is 0.229 e. The topological polar surface area (TPSA) is 106 Å². The van der Waals surface area contributed by atoms with Gasteiger partial charge in [0.05, 0.1) is 23.4 Å². The minimum atomic E-state index is -2.97. The summed E-state index contributed by atoms with van der Waals surface area (Å²) in [4.78, 5) is 20.5. The van der Waals surface area contributed by atoms with Crippen LogP contribution >= 0.6 is 11.3 Å². The first-order valence-electron chi connectivity index (χ1n) is 9.17. The number of aryl methyl sites for hydroxylation is 2. The molecule has 28 heavy (non-hydrogen) atoms. The molecular formula is C17H21N7O2S2. The molecule has 148 valence electrons. The van der Waals surface area contributed by atoms with E-state index in [2.05, 4.69) is 15.3 Å². The second-order valence-corrected chi connectivity index (χ2v) is 10.8. The van der Waals surface area contributed by atoms with Crippen molar-refractivity contribution in [1.29, 1.82) is 0 Å². The van der Waals surface area contributed by atoms with Crippen LogP contribution in [0.5, 0.6) is 0 Å².